The monoisotopic (exact) mass is 307 g/mol. The largest absolute Gasteiger partial charge is 0.494 e. The van der Waals surface area contributed by atoms with Crippen LogP contribution in [0.15, 0.2) is 47.1 Å². The smallest absolute Gasteiger partial charge is 0.220 e. The number of ether oxygens (including phenoxy) is 2. The van der Waals surface area contributed by atoms with Crippen LogP contribution in [-0.2, 0) is 0 Å². The van der Waals surface area contributed by atoms with Crippen LogP contribution in [0.1, 0.15) is 13.3 Å². The number of pyridine rings is 1. The molecule has 0 N–H and O–H groups in total. The zero-order chi connectivity index (χ0) is 12.8. The molecule has 0 aliphatic heterocycles. The van der Waals surface area contributed by atoms with Gasteiger partial charge >= 0.3 is 0 Å². The molecule has 0 saturated carbocycles. The Labute approximate surface area is 115 Å². The van der Waals surface area contributed by atoms with Gasteiger partial charge in [0.15, 0.2) is 0 Å². The molecule has 2 rings (SSSR count). The first kappa shape index (κ1) is 12.9. The molecule has 1 aromatic carbocycles. The summed E-state index contributed by atoms with van der Waals surface area (Å²) in [5.41, 5.74) is 0. The van der Waals surface area contributed by atoms with E-state index in [2.05, 4.69) is 27.8 Å². The fourth-order valence-electron chi connectivity index (χ4n) is 1.39. The van der Waals surface area contributed by atoms with Crippen LogP contribution in [0, 0.1) is 0 Å². The van der Waals surface area contributed by atoms with Gasteiger partial charge in [0.1, 0.15) is 16.1 Å². The molecule has 0 spiro atoms. The van der Waals surface area contributed by atoms with E-state index < -0.39 is 0 Å². The van der Waals surface area contributed by atoms with Crippen molar-refractivity contribution >= 4 is 15.9 Å². The third-order valence-electron chi connectivity index (χ3n) is 2.21. The molecule has 0 fully saturated rings. The number of hydrogen-bond acceptors (Lipinski definition) is 3. The summed E-state index contributed by atoms with van der Waals surface area (Å²) in [5.74, 6) is 2.16. The molecule has 0 amide bonds. The van der Waals surface area contributed by atoms with Crippen molar-refractivity contribution in [3.8, 4) is 17.4 Å². The highest BCUT2D eigenvalue weighted by Gasteiger charge is 2.00. The topological polar surface area (TPSA) is 31.4 Å². The van der Waals surface area contributed by atoms with Gasteiger partial charge in [0, 0.05) is 6.07 Å². The molecule has 18 heavy (non-hydrogen) atoms. The van der Waals surface area contributed by atoms with Crippen molar-refractivity contribution in [1.29, 1.82) is 0 Å². The SMILES string of the molecule is CCCOc1ccc(Oc2cccc(Br)n2)cc1. The van der Waals surface area contributed by atoms with Gasteiger partial charge in [0.2, 0.25) is 5.88 Å². The number of nitrogens with zero attached hydrogens (tertiary/aromatic N) is 1. The highest BCUT2D eigenvalue weighted by Crippen LogP contribution is 2.23. The first-order valence-corrected chi connectivity index (χ1v) is 6.60. The van der Waals surface area contributed by atoms with Crippen LogP contribution in [0.5, 0.6) is 17.4 Å². The average Bonchev–Trinajstić information content (AvgIpc) is 2.38. The molecule has 4 heteroatoms. The van der Waals surface area contributed by atoms with Gasteiger partial charge in [-0.05, 0) is 52.7 Å². The van der Waals surface area contributed by atoms with Gasteiger partial charge in [-0.1, -0.05) is 13.0 Å². The Morgan fingerprint density at radius 3 is 2.44 bits per heavy atom. The Morgan fingerprint density at radius 2 is 1.78 bits per heavy atom. The van der Waals surface area contributed by atoms with Crippen molar-refractivity contribution in [3.63, 3.8) is 0 Å². The summed E-state index contributed by atoms with van der Waals surface area (Å²) in [6.45, 7) is 2.81. The minimum atomic E-state index is 0.562. The van der Waals surface area contributed by atoms with E-state index in [4.69, 9.17) is 9.47 Å². The number of aromatic nitrogens is 1. The molecule has 0 aliphatic carbocycles. The van der Waals surface area contributed by atoms with Gasteiger partial charge in [0.05, 0.1) is 6.61 Å². The first-order chi connectivity index (χ1) is 8.78. The van der Waals surface area contributed by atoms with Crippen molar-refractivity contribution in [1.82, 2.24) is 4.98 Å². The predicted molar refractivity (Wildman–Crippen MR) is 74.2 cm³/mol. The lowest BCUT2D eigenvalue weighted by Gasteiger charge is -2.07. The van der Waals surface area contributed by atoms with Crippen molar-refractivity contribution in [2.45, 2.75) is 13.3 Å². The predicted octanol–water partition coefficient (Wildman–Crippen LogP) is 4.43. The van der Waals surface area contributed by atoms with Gasteiger partial charge in [-0.3, -0.25) is 0 Å². The zero-order valence-electron chi connectivity index (χ0n) is 10.1. The van der Waals surface area contributed by atoms with E-state index in [1.807, 2.05) is 42.5 Å². The highest BCUT2D eigenvalue weighted by molar-refractivity contribution is 9.10. The van der Waals surface area contributed by atoms with Crippen molar-refractivity contribution < 1.29 is 9.47 Å². The van der Waals surface area contributed by atoms with E-state index in [1.54, 1.807) is 0 Å². The van der Waals surface area contributed by atoms with Gasteiger partial charge in [-0.15, -0.1) is 0 Å². The van der Waals surface area contributed by atoms with Crippen molar-refractivity contribution in [3.05, 3.63) is 47.1 Å². The Hall–Kier alpha value is -1.55. The summed E-state index contributed by atoms with van der Waals surface area (Å²) < 4.78 is 11.9. The molecule has 0 aliphatic rings. The van der Waals surface area contributed by atoms with Crippen molar-refractivity contribution in [2.24, 2.45) is 0 Å². The lowest BCUT2D eigenvalue weighted by molar-refractivity contribution is 0.317. The third-order valence-corrected chi connectivity index (χ3v) is 2.65. The van der Waals surface area contributed by atoms with Gasteiger partial charge in [0.25, 0.3) is 0 Å². The summed E-state index contributed by atoms with van der Waals surface area (Å²) >= 11 is 3.30. The Morgan fingerprint density at radius 1 is 1.06 bits per heavy atom. The maximum atomic E-state index is 5.62. The molecule has 2 aromatic rings. The van der Waals surface area contributed by atoms with E-state index in [-0.39, 0.29) is 0 Å². The Kier molecular flexibility index (Phi) is 4.59. The normalized spacial score (nSPS) is 10.1. The van der Waals surface area contributed by atoms with Crippen LogP contribution in [0.3, 0.4) is 0 Å². The van der Waals surface area contributed by atoms with Crippen molar-refractivity contribution in [2.75, 3.05) is 6.61 Å². The first-order valence-electron chi connectivity index (χ1n) is 5.81. The molecule has 1 aromatic heterocycles. The summed E-state index contributed by atoms with van der Waals surface area (Å²) in [4.78, 5) is 4.20. The van der Waals surface area contributed by atoms with Crippen LogP contribution < -0.4 is 9.47 Å². The second-order valence-corrected chi connectivity index (χ2v) is 4.53. The molecule has 0 unspecified atom stereocenters. The van der Waals surface area contributed by atoms with Crippen LogP contribution in [-0.4, -0.2) is 11.6 Å². The molecule has 3 nitrogen and oxygen atoms in total. The lowest BCUT2D eigenvalue weighted by atomic mass is 10.3. The summed E-state index contributed by atoms with van der Waals surface area (Å²) in [5, 5.41) is 0. The van der Waals surface area contributed by atoms with E-state index in [0.717, 1.165) is 29.1 Å². The summed E-state index contributed by atoms with van der Waals surface area (Å²) in [6, 6.07) is 13.1. The molecule has 94 valence electrons. The Bertz CT molecular complexity index is 499. The molecule has 0 saturated heterocycles. The summed E-state index contributed by atoms with van der Waals surface area (Å²) in [6.07, 6.45) is 1.00. The van der Waals surface area contributed by atoms with E-state index in [9.17, 15) is 0 Å². The van der Waals surface area contributed by atoms with Crippen LogP contribution >= 0.6 is 15.9 Å². The van der Waals surface area contributed by atoms with E-state index >= 15 is 0 Å². The number of hydrogen-bond donors (Lipinski definition) is 0. The number of rotatable bonds is 5. The standard InChI is InChI=1S/C14H14BrNO2/c1-2-10-17-11-6-8-12(9-7-11)18-14-5-3-4-13(15)16-14/h3-9H,2,10H2,1H3. The molecular weight excluding hydrogens is 294 g/mol. The average molecular weight is 308 g/mol. The molecule has 0 bridgehead atoms. The van der Waals surface area contributed by atoms with Crippen LogP contribution in [0.25, 0.3) is 0 Å². The van der Waals surface area contributed by atoms with Gasteiger partial charge in [-0.2, -0.15) is 0 Å². The highest BCUT2D eigenvalue weighted by atomic mass is 79.9. The fraction of sp³-hybridized carbons (Fsp3) is 0.214. The second-order valence-electron chi connectivity index (χ2n) is 3.72. The van der Waals surface area contributed by atoms with Crippen LogP contribution in [0.2, 0.25) is 0 Å². The fourth-order valence-corrected chi connectivity index (χ4v) is 1.72. The second kappa shape index (κ2) is 6.40. The lowest BCUT2D eigenvalue weighted by Crippen LogP contribution is -1.94. The van der Waals surface area contributed by atoms with Gasteiger partial charge < -0.3 is 9.47 Å². The van der Waals surface area contributed by atoms with Crippen LogP contribution in [0.4, 0.5) is 0 Å². The minimum absolute atomic E-state index is 0.562. The van der Waals surface area contributed by atoms with E-state index in [0.29, 0.717) is 5.88 Å². The van der Waals surface area contributed by atoms with Gasteiger partial charge in [-0.25, -0.2) is 4.98 Å². The molecular formula is C14H14BrNO2. The maximum Gasteiger partial charge on any atom is 0.220 e. The number of halogens is 1. The zero-order valence-corrected chi connectivity index (χ0v) is 11.7. The minimum Gasteiger partial charge on any atom is -0.494 e. The molecule has 0 radical (unpaired) electrons. The number of benzene rings is 1. The molecule has 1 heterocycles. The Balaban J connectivity index is 2.02. The summed E-state index contributed by atoms with van der Waals surface area (Å²) in [7, 11) is 0. The maximum absolute atomic E-state index is 5.62. The van der Waals surface area contributed by atoms with E-state index in [1.165, 1.54) is 0 Å². The third kappa shape index (κ3) is 3.74. The molecule has 0 atom stereocenters. The quantitative estimate of drug-likeness (QED) is 0.766.